The molecule has 1 aromatic rings. The molecule has 0 aliphatic carbocycles. The van der Waals surface area contributed by atoms with E-state index < -0.39 is 23.7 Å². The maximum atomic E-state index is 13.9. The Kier molecular flexibility index (Phi) is 6.65. The van der Waals surface area contributed by atoms with Crippen molar-refractivity contribution in [2.75, 3.05) is 0 Å². The van der Waals surface area contributed by atoms with Gasteiger partial charge in [0.05, 0.1) is 11.7 Å². The van der Waals surface area contributed by atoms with Crippen LogP contribution < -0.4 is 0 Å². The monoisotopic (exact) mass is 306 g/mol. The van der Waals surface area contributed by atoms with Gasteiger partial charge in [-0.25, -0.2) is 4.39 Å². The molecular formula is C16H22F4O. The Balaban J connectivity index is 2.90. The molecule has 1 N–H and O–H groups in total. The molecule has 0 aliphatic rings. The Morgan fingerprint density at radius 2 is 1.86 bits per heavy atom. The van der Waals surface area contributed by atoms with Crippen molar-refractivity contribution in [2.24, 2.45) is 5.92 Å². The summed E-state index contributed by atoms with van der Waals surface area (Å²) in [4.78, 5) is 0. The Morgan fingerprint density at radius 1 is 1.19 bits per heavy atom. The molecule has 1 nitrogen and oxygen atoms in total. The minimum atomic E-state index is -4.74. The highest BCUT2D eigenvalue weighted by Crippen LogP contribution is 2.35. The topological polar surface area (TPSA) is 20.2 Å². The summed E-state index contributed by atoms with van der Waals surface area (Å²) in [5.74, 6) is -1.17. The summed E-state index contributed by atoms with van der Waals surface area (Å²) < 4.78 is 51.9. The highest BCUT2D eigenvalue weighted by molar-refractivity contribution is 5.29. The molecule has 0 saturated heterocycles. The van der Waals surface area contributed by atoms with Crippen LogP contribution in [-0.4, -0.2) is 5.11 Å². The van der Waals surface area contributed by atoms with Crippen LogP contribution in [0.3, 0.4) is 0 Å². The van der Waals surface area contributed by atoms with Gasteiger partial charge in [0.15, 0.2) is 0 Å². The number of hydrogen-bond acceptors (Lipinski definition) is 1. The fourth-order valence-corrected chi connectivity index (χ4v) is 2.45. The van der Waals surface area contributed by atoms with Crippen LogP contribution in [0.2, 0.25) is 0 Å². The lowest BCUT2D eigenvalue weighted by atomic mass is 9.90. The number of aliphatic hydroxyl groups is 1. The average molecular weight is 306 g/mol. The van der Waals surface area contributed by atoms with Crippen LogP contribution in [0.15, 0.2) is 18.2 Å². The van der Waals surface area contributed by atoms with E-state index in [0.29, 0.717) is 6.07 Å². The molecule has 0 spiro atoms. The number of aliphatic hydroxyl groups excluding tert-OH is 1. The van der Waals surface area contributed by atoms with Gasteiger partial charge in [-0.2, -0.15) is 13.2 Å². The maximum Gasteiger partial charge on any atom is 0.419 e. The predicted octanol–water partition coefficient (Wildman–Crippen LogP) is 5.48. The molecule has 0 saturated carbocycles. The summed E-state index contributed by atoms with van der Waals surface area (Å²) >= 11 is 0. The molecule has 0 bridgehead atoms. The fourth-order valence-electron chi connectivity index (χ4n) is 2.45. The molecule has 21 heavy (non-hydrogen) atoms. The maximum absolute atomic E-state index is 13.9. The van der Waals surface area contributed by atoms with E-state index in [-0.39, 0.29) is 17.9 Å². The fraction of sp³-hybridized carbons (Fsp3) is 0.625. The molecule has 120 valence electrons. The quantitative estimate of drug-likeness (QED) is 0.661. The van der Waals surface area contributed by atoms with Crippen LogP contribution in [0.5, 0.6) is 0 Å². The molecule has 0 radical (unpaired) electrons. The van der Waals surface area contributed by atoms with Gasteiger partial charge in [-0.3, -0.25) is 0 Å². The number of hydrogen-bond donors (Lipinski definition) is 1. The number of benzene rings is 1. The van der Waals surface area contributed by atoms with Crippen LogP contribution in [0, 0.1) is 11.7 Å². The van der Waals surface area contributed by atoms with Gasteiger partial charge >= 0.3 is 6.18 Å². The first-order valence-corrected chi connectivity index (χ1v) is 7.34. The first-order chi connectivity index (χ1) is 9.81. The van der Waals surface area contributed by atoms with Crippen LogP contribution in [0.25, 0.3) is 0 Å². The van der Waals surface area contributed by atoms with E-state index in [1.807, 2.05) is 6.92 Å². The van der Waals surface area contributed by atoms with Crippen molar-refractivity contribution >= 4 is 0 Å². The Labute approximate surface area is 123 Å². The Hall–Kier alpha value is -1.10. The Morgan fingerprint density at radius 3 is 2.38 bits per heavy atom. The molecule has 5 heteroatoms. The zero-order chi connectivity index (χ0) is 16.0. The van der Waals surface area contributed by atoms with Gasteiger partial charge in [0.25, 0.3) is 0 Å². The van der Waals surface area contributed by atoms with Crippen molar-refractivity contribution in [1.82, 2.24) is 0 Å². The molecule has 0 amide bonds. The van der Waals surface area contributed by atoms with E-state index >= 15 is 0 Å². The van der Waals surface area contributed by atoms with Gasteiger partial charge in [0, 0.05) is 5.56 Å². The molecule has 0 aliphatic heterocycles. The molecule has 2 atom stereocenters. The van der Waals surface area contributed by atoms with E-state index in [2.05, 4.69) is 6.92 Å². The third-order valence-corrected chi connectivity index (χ3v) is 3.79. The average Bonchev–Trinajstić information content (AvgIpc) is 2.42. The number of unbranched alkanes of at least 4 members (excludes halogenated alkanes) is 1. The van der Waals surface area contributed by atoms with Crippen molar-refractivity contribution in [3.8, 4) is 0 Å². The number of rotatable bonds is 7. The first-order valence-electron chi connectivity index (χ1n) is 7.34. The van der Waals surface area contributed by atoms with Crippen LogP contribution >= 0.6 is 0 Å². The van der Waals surface area contributed by atoms with Crippen molar-refractivity contribution in [3.63, 3.8) is 0 Å². The standard InChI is InChI=1S/C16H22F4O/c1-3-5-7-11(4-2)10-14(21)12-8-6-9-13(15(12)17)16(18,19)20/h6,8-9,11,14,21H,3-5,7,10H2,1-2H3. The molecule has 1 aromatic carbocycles. The summed E-state index contributed by atoms with van der Waals surface area (Å²) in [6, 6.07) is 3.05. The van der Waals surface area contributed by atoms with Crippen molar-refractivity contribution in [1.29, 1.82) is 0 Å². The summed E-state index contributed by atoms with van der Waals surface area (Å²) in [5.41, 5.74) is -1.58. The van der Waals surface area contributed by atoms with Gasteiger partial charge in [-0.05, 0) is 18.4 Å². The van der Waals surface area contributed by atoms with Crippen LogP contribution in [0.1, 0.15) is 63.2 Å². The second-order valence-electron chi connectivity index (χ2n) is 5.37. The highest BCUT2D eigenvalue weighted by atomic mass is 19.4. The third-order valence-electron chi connectivity index (χ3n) is 3.79. The summed E-state index contributed by atoms with van der Waals surface area (Å²) in [6.07, 6.45) is -1.93. The number of halogens is 4. The van der Waals surface area contributed by atoms with Crippen molar-refractivity contribution < 1.29 is 22.7 Å². The van der Waals surface area contributed by atoms with E-state index in [9.17, 15) is 22.7 Å². The zero-order valence-electron chi connectivity index (χ0n) is 12.4. The van der Waals surface area contributed by atoms with Crippen molar-refractivity contribution in [3.05, 3.63) is 35.1 Å². The van der Waals surface area contributed by atoms with Crippen molar-refractivity contribution in [2.45, 2.75) is 58.2 Å². The van der Waals surface area contributed by atoms with E-state index in [0.717, 1.165) is 31.7 Å². The molecule has 0 heterocycles. The second kappa shape index (κ2) is 7.78. The molecule has 1 rings (SSSR count). The van der Waals surface area contributed by atoms with Gasteiger partial charge in [-0.15, -0.1) is 0 Å². The minimum absolute atomic E-state index is 0.189. The molecular weight excluding hydrogens is 284 g/mol. The minimum Gasteiger partial charge on any atom is -0.388 e. The normalized spacial score (nSPS) is 15.0. The SMILES string of the molecule is CCCCC(CC)CC(O)c1cccc(C(F)(F)F)c1F. The molecule has 2 unspecified atom stereocenters. The van der Waals surface area contributed by atoms with Crippen LogP contribution in [-0.2, 0) is 6.18 Å². The summed E-state index contributed by atoms with van der Waals surface area (Å²) in [5, 5.41) is 10.1. The lowest BCUT2D eigenvalue weighted by Crippen LogP contribution is -2.13. The van der Waals surface area contributed by atoms with Gasteiger partial charge in [0.2, 0.25) is 0 Å². The predicted molar refractivity (Wildman–Crippen MR) is 74.3 cm³/mol. The largest absolute Gasteiger partial charge is 0.419 e. The molecule has 0 aromatic heterocycles. The van der Waals surface area contributed by atoms with E-state index in [1.165, 1.54) is 6.07 Å². The van der Waals surface area contributed by atoms with E-state index in [4.69, 9.17) is 0 Å². The lowest BCUT2D eigenvalue weighted by molar-refractivity contribution is -0.140. The van der Waals surface area contributed by atoms with Gasteiger partial charge in [0.1, 0.15) is 5.82 Å². The van der Waals surface area contributed by atoms with Crippen LogP contribution in [0.4, 0.5) is 17.6 Å². The lowest BCUT2D eigenvalue weighted by Gasteiger charge is -2.20. The second-order valence-corrected chi connectivity index (χ2v) is 5.37. The number of alkyl halides is 3. The Bertz CT molecular complexity index is 442. The highest BCUT2D eigenvalue weighted by Gasteiger charge is 2.35. The smallest absolute Gasteiger partial charge is 0.388 e. The third kappa shape index (κ3) is 4.99. The zero-order valence-corrected chi connectivity index (χ0v) is 12.4. The van der Waals surface area contributed by atoms with Gasteiger partial charge in [-0.1, -0.05) is 51.7 Å². The van der Waals surface area contributed by atoms with Gasteiger partial charge < -0.3 is 5.11 Å². The van der Waals surface area contributed by atoms with E-state index in [1.54, 1.807) is 0 Å². The summed E-state index contributed by atoms with van der Waals surface area (Å²) in [6.45, 7) is 4.02. The first kappa shape index (κ1) is 18.0. The summed E-state index contributed by atoms with van der Waals surface area (Å²) in [7, 11) is 0. The molecule has 0 fully saturated rings.